The van der Waals surface area contributed by atoms with E-state index >= 15 is 0 Å². The number of halogens is 1. The van der Waals surface area contributed by atoms with E-state index in [2.05, 4.69) is 15.1 Å². The fraction of sp³-hybridized carbons (Fsp3) is 0.385. The second-order valence-corrected chi connectivity index (χ2v) is 5.20. The van der Waals surface area contributed by atoms with Crippen molar-refractivity contribution in [2.45, 2.75) is 26.4 Å². The molecule has 0 bridgehead atoms. The molecule has 8 heteroatoms. The van der Waals surface area contributed by atoms with E-state index in [0.29, 0.717) is 28.6 Å². The van der Waals surface area contributed by atoms with Crippen LogP contribution < -0.4 is 5.69 Å². The summed E-state index contributed by atoms with van der Waals surface area (Å²) in [5, 5.41) is 5.17. The van der Waals surface area contributed by atoms with Gasteiger partial charge in [0.15, 0.2) is 11.5 Å². The zero-order valence-electron chi connectivity index (χ0n) is 11.8. The van der Waals surface area contributed by atoms with Crippen molar-refractivity contribution in [2.75, 3.05) is 0 Å². The highest BCUT2D eigenvalue weighted by atomic mass is 35.5. The first-order valence-corrected chi connectivity index (χ1v) is 7.07. The molecule has 0 radical (unpaired) electrons. The summed E-state index contributed by atoms with van der Waals surface area (Å²) in [6, 6.07) is 0. The first-order chi connectivity index (χ1) is 10.1. The van der Waals surface area contributed by atoms with Crippen molar-refractivity contribution < 1.29 is 0 Å². The number of aryl methyl sites for hydroxylation is 2. The second kappa shape index (κ2) is 5.33. The van der Waals surface area contributed by atoms with E-state index in [0.717, 1.165) is 6.42 Å². The van der Waals surface area contributed by atoms with Crippen molar-refractivity contribution in [3.63, 3.8) is 0 Å². The molecule has 3 aromatic heterocycles. The van der Waals surface area contributed by atoms with Crippen molar-refractivity contribution in [2.24, 2.45) is 7.05 Å². The Morgan fingerprint density at radius 1 is 1.24 bits per heavy atom. The quantitative estimate of drug-likeness (QED) is 0.684. The lowest BCUT2D eigenvalue weighted by molar-refractivity contribution is 0.616. The lowest BCUT2D eigenvalue weighted by Crippen LogP contribution is -2.25. The van der Waals surface area contributed by atoms with Gasteiger partial charge in [0.2, 0.25) is 0 Å². The van der Waals surface area contributed by atoms with Gasteiger partial charge in [-0.25, -0.2) is 14.8 Å². The molecule has 0 spiro atoms. The largest absolute Gasteiger partial charge is 0.328 e. The van der Waals surface area contributed by atoms with Crippen LogP contribution >= 0.6 is 11.6 Å². The molecule has 0 saturated heterocycles. The lowest BCUT2D eigenvalue weighted by atomic mass is 10.4. The normalized spacial score (nSPS) is 11.4. The van der Waals surface area contributed by atoms with E-state index in [1.165, 1.54) is 0 Å². The number of aromatic nitrogens is 6. The molecular formula is C13H15ClN6O. The third-order valence-electron chi connectivity index (χ3n) is 3.29. The van der Waals surface area contributed by atoms with Crippen molar-refractivity contribution in [1.29, 1.82) is 0 Å². The molecule has 3 rings (SSSR count). The highest BCUT2D eigenvalue weighted by Gasteiger charge is 2.11. The van der Waals surface area contributed by atoms with Gasteiger partial charge in [0.05, 0.1) is 18.1 Å². The average Bonchev–Trinajstić information content (AvgIpc) is 2.98. The Balaban J connectivity index is 1.98. The van der Waals surface area contributed by atoms with Gasteiger partial charge in [-0.1, -0.05) is 18.5 Å². The summed E-state index contributed by atoms with van der Waals surface area (Å²) in [5.41, 5.74) is 0.590. The van der Waals surface area contributed by atoms with Crippen LogP contribution in [0.4, 0.5) is 0 Å². The van der Waals surface area contributed by atoms with E-state index in [4.69, 9.17) is 11.6 Å². The summed E-state index contributed by atoms with van der Waals surface area (Å²) in [5.74, 6) is 0.493. The average molecular weight is 307 g/mol. The Morgan fingerprint density at radius 3 is 2.76 bits per heavy atom. The lowest BCUT2D eigenvalue weighted by Gasteiger charge is -2.03. The minimum absolute atomic E-state index is 0.0679. The van der Waals surface area contributed by atoms with Crippen molar-refractivity contribution in [3.05, 3.63) is 40.1 Å². The van der Waals surface area contributed by atoms with Gasteiger partial charge in [0, 0.05) is 26.0 Å². The Morgan fingerprint density at radius 2 is 2.00 bits per heavy atom. The van der Waals surface area contributed by atoms with Gasteiger partial charge in [-0.05, 0) is 6.42 Å². The molecule has 110 valence electrons. The molecule has 0 unspecified atom stereocenters. The molecule has 3 aromatic rings. The predicted octanol–water partition coefficient (Wildman–Crippen LogP) is 1.44. The Kier molecular flexibility index (Phi) is 3.50. The maximum absolute atomic E-state index is 12.1. The highest BCUT2D eigenvalue weighted by molar-refractivity contribution is 6.33. The van der Waals surface area contributed by atoms with Crippen LogP contribution in [0.15, 0.2) is 23.4 Å². The zero-order chi connectivity index (χ0) is 15.0. The predicted molar refractivity (Wildman–Crippen MR) is 79.4 cm³/mol. The molecule has 0 aliphatic heterocycles. The number of nitrogens with zero attached hydrogens (tertiary/aromatic N) is 6. The van der Waals surface area contributed by atoms with Gasteiger partial charge in [-0.15, -0.1) is 0 Å². The fourth-order valence-electron chi connectivity index (χ4n) is 2.24. The number of hydrogen-bond acceptors (Lipinski definition) is 4. The van der Waals surface area contributed by atoms with Crippen molar-refractivity contribution >= 4 is 22.6 Å². The molecule has 0 saturated carbocycles. The molecule has 0 aromatic carbocycles. The Hall–Kier alpha value is -2.15. The first kappa shape index (κ1) is 13.8. The number of fused-ring (bicyclic) bond motifs is 1. The molecule has 21 heavy (non-hydrogen) atoms. The van der Waals surface area contributed by atoms with Gasteiger partial charge < -0.3 is 0 Å². The molecule has 3 heterocycles. The van der Waals surface area contributed by atoms with Crippen LogP contribution in [0.5, 0.6) is 0 Å². The molecule has 0 N–H and O–H groups in total. The maximum atomic E-state index is 12.1. The van der Waals surface area contributed by atoms with Crippen LogP contribution in [-0.4, -0.2) is 28.9 Å². The van der Waals surface area contributed by atoms with Crippen LogP contribution in [-0.2, 0) is 20.1 Å². The number of imidazole rings is 1. The third-order valence-corrected chi connectivity index (χ3v) is 3.57. The van der Waals surface area contributed by atoms with E-state index in [-0.39, 0.29) is 12.2 Å². The smallest absolute Gasteiger partial charge is 0.299 e. The summed E-state index contributed by atoms with van der Waals surface area (Å²) < 4.78 is 4.88. The highest BCUT2D eigenvalue weighted by Crippen LogP contribution is 2.19. The van der Waals surface area contributed by atoms with Crippen molar-refractivity contribution in [3.8, 4) is 0 Å². The number of rotatable bonds is 4. The van der Waals surface area contributed by atoms with Crippen LogP contribution in [0.2, 0.25) is 5.15 Å². The van der Waals surface area contributed by atoms with E-state index < -0.39 is 0 Å². The summed E-state index contributed by atoms with van der Waals surface area (Å²) >= 11 is 6.14. The van der Waals surface area contributed by atoms with Gasteiger partial charge in [-0.2, -0.15) is 5.10 Å². The van der Waals surface area contributed by atoms with Crippen LogP contribution in [0.1, 0.15) is 19.2 Å². The minimum Gasteiger partial charge on any atom is -0.299 e. The Labute approximate surface area is 125 Å². The topological polar surface area (TPSA) is 70.5 Å². The van der Waals surface area contributed by atoms with Crippen molar-refractivity contribution in [1.82, 2.24) is 28.9 Å². The summed E-state index contributed by atoms with van der Waals surface area (Å²) in [7, 11) is 1.79. The fourth-order valence-corrected chi connectivity index (χ4v) is 2.47. The summed E-state index contributed by atoms with van der Waals surface area (Å²) in [6.07, 6.45) is 6.05. The van der Waals surface area contributed by atoms with Crippen LogP contribution in [0.25, 0.3) is 11.0 Å². The monoisotopic (exact) mass is 306 g/mol. The molecular weight excluding hydrogens is 292 g/mol. The molecule has 0 atom stereocenters. The van der Waals surface area contributed by atoms with Crippen LogP contribution in [0.3, 0.4) is 0 Å². The first-order valence-electron chi connectivity index (χ1n) is 6.70. The van der Waals surface area contributed by atoms with E-state index in [1.54, 1.807) is 39.5 Å². The summed E-state index contributed by atoms with van der Waals surface area (Å²) in [6.45, 7) is 3.02. The van der Waals surface area contributed by atoms with Gasteiger partial charge in [-0.3, -0.25) is 13.8 Å². The molecule has 0 fully saturated rings. The zero-order valence-corrected chi connectivity index (χ0v) is 12.6. The van der Waals surface area contributed by atoms with Gasteiger partial charge in [0.25, 0.3) is 0 Å². The molecule has 0 amide bonds. The third kappa shape index (κ3) is 2.44. The van der Waals surface area contributed by atoms with E-state index in [1.807, 2.05) is 6.92 Å². The standard InChI is InChI=1S/C13H15ClN6O/c1-3-4-19-5-6-20(13(19)21)8-10-16-11(14)9-7-15-18(2)12(9)17-10/h5-7H,3-4,8H2,1-2H3. The number of hydrogen-bond donors (Lipinski definition) is 0. The van der Waals surface area contributed by atoms with Gasteiger partial charge in [0.1, 0.15) is 5.15 Å². The summed E-state index contributed by atoms with van der Waals surface area (Å²) in [4.78, 5) is 20.8. The maximum Gasteiger partial charge on any atom is 0.328 e. The van der Waals surface area contributed by atoms with Gasteiger partial charge >= 0.3 is 5.69 Å². The molecule has 7 nitrogen and oxygen atoms in total. The minimum atomic E-state index is -0.0679. The second-order valence-electron chi connectivity index (χ2n) is 4.84. The molecule has 0 aliphatic rings. The van der Waals surface area contributed by atoms with Crippen LogP contribution in [0, 0.1) is 0 Å². The SMILES string of the molecule is CCCn1ccn(Cc2nc(Cl)c3cnn(C)c3n2)c1=O. The molecule has 0 aliphatic carbocycles. The Bertz CT molecular complexity index is 846. The van der Waals surface area contributed by atoms with E-state index in [9.17, 15) is 4.79 Å².